The molecule has 1 amide bonds. The molecule has 0 saturated carbocycles. The second-order valence-electron chi connectivity index (χ2n) is 5.25. The van der Waals surface area contributed by atoms with E-state index < -0.39 is 0 Å². The maximum Gasteiger partial charge on any atom is 0.258 e. The lowest BCUT2D eigenvalue weighted by Gasteiger charge is -2.24. The Hall–Kier alpha value is -1.75. The molecule has 1 rings (SSSR count). The molecule has 0 fully saturated rings. The van der Waals surface area contributed by atoms with E-state index in [1.165, 1.54) is 0 Å². The molecule has 0 spiro atoms. The third-order valence-corrected chi connectivity index (χ3v) is 3.21. The molecule has 5 nitrogen and oxygen atoms in total. The first-order valence-electron chi connectivity index (χ1n) is 6.72. The summed E-state index contributed by atoms with van der Waals surface area (Å²) >= 11 is 0. The Bertz CT molecular complexity index is 458. The van der Waals surface area contributed by atoms with Gasteiger partial charge in [-0.2, -0.15) is 0 Å². The maximum atomic E-state index is 11.8. The van der Waals surface area contributed by atoms with Crippen molar-refractivity contribution in [1.82, 2.24) is 5.32 Å². The number of ether oxygens (including phenoxy) is 2. The van der Waals surface area contributed by atoms with E-state index in [2.05, 4.69) is 5.32 Å². The van der Waals surface area contributed by atoms with Crippen LogP contribution in [0.1, 0.15) is 32.8 Å². The summed E-state index contributed by atoms with van der Waals surface area (Å²) in [5, 5.41) is 2.92. The van der Waals surface area contributed by atoms with Gasteiger partial charge in [0.05, 0.1) is 7.11 Å². The van der Waals surface area contributed by atoms with Crippen LogP contribution in [-0.4, -0.2) is 25.2 Å². The van der Waals surface area contributed by atoms with Crippen molar-refractivity contribution in [3.05, 3.63) is 23.8 Å². The monoisotopic (exact) mass is 280 g/mol. The van der Waals surface area contributed by atoms with Crippen LogP contribution in [0.5, 0.6) is 11.5 Å². The average molecular weight is 280 g/mol. The van der Waals surface area contributed by atoms with Gasteiger partial charge in [0.1, 0.15) is 11.5 Å². The predicted molar refractivity (Wildman–Crippen MR) is 78.9 cm³/mol. The molecular weight excluding hydrogens is 256 g/mol. The van der Waals surface area contributed by atoms with E-state index in [1.54, 1.807) is 19.2 Å². The fourth-order valence-electron chi connectivity index (χ4n) is 1.63. The Morgan fingerprint density at radius 2 is 2.10 bits per heavy atom. The fourth-order valence-corrected chi connectivity index (χ4v) is 1.63. The molecule has 0 unspecified atom stereocenters. The molecule has 112 valence electrons. The van der Waals surface area contributed by atoms with Crippen LogP contribution < -0.4 is 20.5 Å². The van der Waals surface area contributed by atoms with E-state index >= 15 is 0 Å². The molecule has 0 bridgehead atoms. The number of amides is 1. The molecule has 0 heterocycles. The van der Waals surface area contributed by atoms with Crippen molar-refractivity contribution >= 4 is 5.91 Å². The first-order valence-corrected chi connectivity index (χ1v) is 6.72. The van der Waals surface area contributed by atoms with Crippen LogP contribution in [0.15, 0.2) is 18.2 Å². The van der Waals surface area contributed by atoms with E-state index in [0.717, 1.165) is 17.7 Å². The number of carbonyl (C=O) groups excluding carboxylic acids is 1. The SMILES string of the molecule is CCC(C)(C)NC(=O)COc1ccc(OC)cc1CN. The quantitative estimate of drug-likeness (QED) is 0.799. The minimum Gasteiger partial charge on any atom is -0.497 e. The van der Waals surface area contributed by atoms with Crippen LogP contribution in [0.3, 0.4) is 0 Å². The Morgan fingerprint density at radius 3 is 2.65 bits per heavy atom. The largest absolute Gasteiger partial charge is 0.497 e. The van der Waals surface area contributed by atoms with Gasteiger partial charge in [-0.1, -0.05) is 6.92 Å². The van der Waals surface area contributed by atoms with Crippen LogP contribution in [0.2, 0.25) is 0 Å². The number of rotatable bonds is 7. The summed E-state index contributed by atoms with van der Waals surface area (Å²) < 4.78 is 10.7. The molecule has 0 aromatic heterocycles. The maximum absolute atomic E-state index is 11.8. The third-order valence-electron chi connectivity index (χ3n) is 3.21. The number of nitrogens with one attached hydrogen (secondary N) is 1. The van der Waals surface area contributed by atoms with Gasteiger partial charge in [0.2, 0.25) is 0 Å². The van der Waals surface area contributed by atoms with Gasteiger partial charge in [0.25, 0.3) is 5.91 Å². The van der Waals surface area contributed by atoms with Crippen LogP contribution in [0, 0.1) is 0 Å². The molecule has 1 aromatic rings. The first-order chi connectivity index (χ1) is 9.41. The number of hydrogen-bond donors (Lipinski definition) is 2. The van der Waals surface area contributed by atoms with Gasteiger partial charge in [-0.05, 0) is 38.5 Å². The Labute approximate surface area is 120 Å². The average Bonchev–Trinajstić information content (AvgIpc) is 2.44. The smallest absolute Gasteiger partial charge is 0.258 e. The van der Waals surface area contributed by atoms with Crippen LogP contribution in [-0.2, 0) is 11.3 Å². The van der Waals surface area contributed by atoms with Gasteiger partial charge in [-0.3, -0.25) is 4.79 Å². The molecule has 0 radical (unpaired) electrons. The van der Waals surface area contributed by atoms with E-state index in [4.69, 9.17) is 15.2 Å². The molecule has 0 aliphatic carbocycles. The molecule has 5 heteroatoms. The third kappa shape index (κ3) is 4.74. The molecule has 3 N–H and O–H groups in total. The molecule has 0 aliphatic heterocycles. The molecule has 0 aliphatic rings. The van der Waals surface area contributed by atoms with Crippen molar-refractivity contribution in [2.75, 3.05) is 13.7 Å². The summed E-state index contributed by atoms with van der Waals surface area (Å²) in [6.45, 7) is 6.28. The lowest BCUT2D eigenvalue weighted by molar-refractivity contribution is -0.124. The van der Waals surface area contributed by atoms with Crippen LogP contribution in [0.4, 0.5) is 0 Å². The van der Waals surface area contributed by atoms with Crippen molar-refractivity contribution in [2.24, 2.45) is 5.73 Å². The zero-order valence-corrected chi connectivity index (χ0v) is 12.7. The van der Waals surface area contributed by atoms with E-state index in [0.29, 0.717) is 12.3 Å². The summed E-state index contributed by atoms with van der Waals surface area (Å²) in [5.74, 6) is 1.18. The first kappa shape index (κ1) is 16.3. The van der Waals surface area contributed by atoms with E-state index in [-0.39, 0.29) is 18.1 Å². The van der Waals surface area contributed by atoms with Gasteiger partial charge in [0, 0.05) is 17.6 Å². The minimum atomic E-state index is -0.225. The van der Waals surface area contributed by atoms with Gasteiger partial charge in [-0.25, -0.2) is 0 Å². The highest BCUT2D eigenvalue weighted by Gasteiger charge is 2.18. The van der Waals surface area contributed by atoms with Crippen LogP contribution in [0.25, 0.3) is 0 Å². The highest BCUT2D eigenvalue weighted by Crippen LogP contribution is 2.23. The number of methoxy groups -OCH3 is 1. The van der Waals surface area contributed by atoms with Crippen molar-refractivity contribution in [1.29, 1.82) is 0 Å². The summed E-state index contributed by atoms with van der Waals surface area (Å²) in [7, 11) is 1.59. The Balaban J connectivity index is 2.63. The molecule has 0 saturated heterocycles. The lowest BCUT2D eigenvalue weighted by atomic mass is 10.0. The summed E-state index contributed by atoms with van der Waals surface area (Å²) in [6, 6.07) is 5.35. The Morgan fingerprint density at radius 1 is 1.40 bits per heavy atom. The molecule has 20 heavy (non-hydrogen) atoms. The van der Waals surface area contributed by atoms with Gasteiger partial charge in [0.15, 0.2) is 6.61 Å². The van der Waals surface area contributed by atoms with Crippen molar-refractivity contribution < 1.29 is 14.3 Å². The fraction of sp³-hybridized carbons (Fsp3) is 0.533. The van der Waals surface area contributed by atoms with Gasteiger partial charge in [-0.15, -0.1) is 0 Å². The summed E-state index contributed by atoms with van der Waals surface area (Å²) in [6.07, 6.45) is 0.856. The highest BCUT2D eigenvalue weighted by atomic mass is 16.5. The molecular formula is C15H24N2O3. The van der Waals surface area contributed by atoms with Crippen molar-refractivity contribution in [3.63, 3.8) is 0 Å². The van der Waals surface area contributed by atoms with Gasteiger partial charge >= 0.3 is 0 Å². The normalized spacial score (nSPS) is 11.1. The zero-order valence-electron chi connectivity index (χ0n) is 12.7. The zero-order chi connectivity index (χ0) is 15.2. The van der Waals surface area contributed by atoms with Gasteiger partial charge < -0.3 is 20.5 Å². The standard InChI is InChI=1S/C15H24N2O3/c1-5-15(2,3)17-14(18)10-20-13-7-6-12(19-4)8-11(13)9-16/h6-8H,5,9-10,16H2,1-4H3,(H,17,18). The van der Waals surface area contributed by atoms with Crippen LogP contribution >= 0.6 is 0 Å². The topological polar surface area (TPSA) is 73.6 Å². The van der Waals surface area contributed by atoms with Crippen molar-refractivity contribution in [2.45, 2.75) is 39.3 Å². The highest BCUT2D eigenvalue weighted by molar-refractivity contribution is 5.78. The number of hydrogen-bond acceptors (Lipinski definition) is 4. The second-order valence-corrected chi connectivity index (χ2v) is 5.25. The number of benzene rings is 1. The van der Waals surface area contributed by atoms with E-state index in [1.807, 2.05) is 26.8 Å². The second kappa shape index (κ2) is 7.14. The molecule has 1 aromatic carbocycles. The minimum absolute atomic E-state index is 0.0250. The predicted octanol–water partition coefficient (Wildman–Crippen LogP) is 1.84. The summed E-state index contributed by atoms with van der Waals surface area (Å²) in [4.78, 5) is 11.8. The lowest BCUT2D eigenvalue weighted by Crippen LogP contribution is -2.44. The number of nitrogens with two attached hydrogens (primary N) is 1. The molecule has 0 atom stereocenters. The summed E-state index contributed by atoms with van der Waals surface area (Å²) in [5.41, 5.74) is 6.25. The van der Waals surface area contributed by atoms with E-state index in [9.17, 15) is 4.79 Å². The number of carbonyl (C=O) groups is 1. The van der Waals surface area contributed by atoms with Crippen molar-refractivity contribution in [3.8, 4) is 11.5 Å². The Kier molecular flexibility index (Phi) is 5.82.